The van der Waals surface area contributed by atoms with Crippen LogP contribution >= 0.6 is 0 Å². The summed E-state index contributed by atoms with van der Waals surface area (Å²) in [5, 5.41) is 6.60. The van der Waals surface area contributed by atoms with Crippen LogP contribution in [0.2, 0.25) is 0 Å². The fraction of sp³-hybridized carbons (Fsp3) is 0.929. The van der Waals surface area contributed by atoms with E-state index in [9.17, 15) is 13.2 Å². The zero-order valence-electron chi connectivity index (χ0n) is 12.7. The van der Waals surface area contributed by atoms with Crippen LogP contribution in [0.25, 0.3) is 0 Å². The van der Waals surface area contributed by atoms with Crippen LogP contribution in [0.4, 0.5) is 13.2 Å². The van der Waals surface area contributed by atoms with Gasteiger partial charge in [0.05, 0.1) is 24.8 Å². The molecule has 3 aliphatic heterocycles. The van der Waals surface area contributed by atoms with Crippen LogP contribution in [0.3, 0.4) is 0 Å². The molecular weight excluding hydrogens is 297 g/mol. The number of rotatable bonds is 3. The molecule has 0 aromatic rings. The molecular formula is C14H23F3N4O. The van der Waals surface area contributed by atoms with Crippen molar-refractivity contribution >= 4 is 5.96 Å². The third kappa shape index (κ3) is 3.84. The van der Waals surface area contributed by atoms with Gasteiger partial charge >= 0.3 is 6.18 Å². The second-order valence-electron chi connectivity index (χ2n) is 6.41. The normalized spacial score (nSPS) is 36.1. The summed E-state index contributed by atoms with van der Waals surface area (Å²) in [5.74, 6) is 0.667. The number of ether oxygens (including phenoxy) is 1. The van der Waals surface area contributed by atoms with Gasteiger partial charge in [-0.3, -0.25) is 9.89 Å². The fourth-order valence-electron chi connectivity index (χ4n) is 3.68. The maximum atomic E-state index is 12.4. The van der Waals surface area contributed by atoms with E-state index in [4.69, 9.17) is 4.74 Å². The first-order chi connectivity index (χ1) is 10.4. The summed E-state index contributed by atoms with van der Waals surface area (Å²) < 4.78 is 43.0. The van der Waals surface area contributed by atoms with Gasteiger partial charge in [0, 0.05) is 26.2 Å². The van der Waals surface area contributed by atoms with Crippen LogP contribution in [-0.4, -0.2) is 68.0 Å². The van der Waals surface area contributed by atoms with Crippen molar-refractivity contribution in [3.63, 3.8) is 0 Å². The molecule has 126 valence electrons. The Kier molecular flexibility index (Phi) is 4.49. The molecule has 3 fully saturated rings. The molecule has 0 aromatic carbocycles. The smallest absolute Gasteiger partial charge is 0.373 e. The topological polar surface area (TPSA) is 48.9 Å². The Morgan fingerprint density at radius 3 is 2.68 bits per heavy atom. The van der Waals surface area contributed by atoms with Gasteiger partial charge in [0.1, 0.15) is 0 Å². The van der Waals surface area contributed by atoms with Gasteiger partial charge in [-0.2, -0.15) is 13.2 Å². The van der Waals surface area contributed by atoms with Crippen molar-refractivity contribution in [1.29, 1.82) is 0 Å². The molecule has 4 unspecified atom stereocenters. The van der Waals surface area contributed by atoms with Crippen LogP contribution < -0.4 is 10.6 Å². The predicted molar refractivity (Wildman–Crippen MR) is 76.8 cm³/mol. The average Bonchev–Trinajstić information content (AvgIpc) is 3.13. The highest BCUT2D eigenvalue weighted by Crippen LogP contribution is 2.34. The lowest BCUT2D eigenvalue weighted by Gasteiger charge is -2.25. The Morgan fingerprint density at radius 2 is 2.09 bits per heavy atom. The van der Waals surface area contributed by atoms with E-state index in [2.05, 4.69) is 15.6 Å². The monoisotopic (exact) mass is 320 g/mol. The van der Waals surface area contributed by atoms with E-state index in [0.29, 0.717) is 31.6 Å². The molecule has 2 N–H and O–H groups in total. The molecule has 0 aromatic heterocycles. The number of nitrogens with zero attached hydrogens (tertiary/aromatic N) is 2. The highest BCUT2D eigenvalue weighted by Gasteiger charge is 2.41. The average molecular weight is 320 g/mol. The third-order valence-electron chi connectivity index (χ3n) is 4.67. The summed E-state index contributed by atoms with van der Waals surface area (Å²) in [7, 11) is 1.69. The Balaban J connectivity index is 1.45. The molecule has 0 aliphatic carbocycles. The minimum atomic E-state index is -4.13. The fourth-order valence-corrected chi connectivity index (χ4v) is 3.68. The van der Waals surface area contributed by atoms with Crippen molar-refractivity contribution in [2.75, 3.05) is 26.7 Å². The van der Waals surface area contributed by atoms with Gasteiger partial charge in [0.2, 0.25) is 0 Å². The van der Waals surface area contributed by atoms with E-state index in [0.717, 1.165) is 19.3 Å². The summed E-state index contributed by atoms with van der Waals surface area (Å²) in [6.45, 7) is 0.0241. The second-order valence-corrected chi connectivity index (χ2v) is 6.41. The molecule has 3 rings (SSSR count). The van der Waals surface area contributed by atoms with E-state index >= 15 is 0 Å². The lowest BCUT2D eigenvalue weighted by atomic mass is 9.96. The van der Waals surface area contributed by atoms with Gasteiger partial charge in [-0.25, -0.2) is 0 Å². The van der Waals surface area contributed by atoms with Gasteiger partial charge in [-0.15, -0.1) is 0 Å². The molecule has 2 bridgehead atoms. The number of fused-ring (bicyclic) bond motifs is 2. The Hall–Kier alpha value is -1.02. The maximum absolute atomic E-state index is 12.4. The molecule has 3 aliphatic rings. The van der Waals surface area contributed by atoms with E-state index in [1.165, 1.54) is 4.90 Å². The summed E-state index contributed by atoms with van der Waals surface area (Å²) in [4.78, 5) is 5.63. The number of nitrogens with one attached hydrogen (secondary N) is 2. The van der Waals surface area contributed by atoms with Gasteiger partial charge in [0.25, 0.3) is 0 Å². The largest absolute Gasteiger partial charge is 0.401 e. The van der Waals surface area contributed by atoms with Gasteiger partial charge in [-0.1, -0.05) is 0 Å². The number of hydrogen-bond donors (Lipinski definition) is 2. The number of alkyl halides is 3. The Labute approximate surface area is 128 Å². The summed E-state index contributed by atoms with van der Waals surface area (Å²) in [6, 6.07) is 0.269. The Bertz CT molecular complexity index is 429. The first kappa shape index (κ1) is 15.9. The second kappa shape index (κ2) is 6.23. The number of guanidine groups is 1. The molecule has 0 radical (unpaired) electrons. The minimum Gasteiger partial charge on any atom is -0.373 e. The van der Waals surface area contributed by atoms with E-state index in [1.807, 2.05) is 0 Å². The summed E-state index contributed by atoms with van der Waals surface area (Å²) in [5.41, 5.74) is 0. The van der Waals surface area contributed by atoms with Crippen LogP contribution in [0, 0.1) is 0 Å². The Morgan fingerprint density at radius 1 is 1.27 bits per heavy atom. The molecule has 3 saturated heterocycles. The van der Waals surface area contributed by atoms with Gasteiger partial charge < -0.3 is 15.4 Å². The number of hydrogen-bond acceptors (Lipinski definition) is 3. The first-order valence-corrected chi connectivity index (χ1v) is 7.87. The van der Waals surface area contributed by atoms with Crippen molar-refractivity contribution < 1.29 is 17.9 Å². The molecule has 4 atom stereocenters. The predicted octanol–water partition coefficient (Wildman–Crippen LogP) is 1.11. The summed E-state index contributed by atoms with van der Waals surface area (Å²) in [6.07, 6.45) is 0.352. The third-order valence-corrected chi connectivity index (χ3v) is 4.67. The van der Waals surface area contributed by atoms with Crippen molar-refractivity contribution in [2.24, 2.45) is 4.99 Å². The molecule has 8 heteroatoms. The van der Waals surface area contributed by atoms with Crippen LogP contribution in [0.1, 0.15) is 25.7 Å². The molecule has 0 amide bonds. The van der Waals surface area contributed by atoms with Crippen molar-refractivity contribution in [1.82, 2.24) is 15.5 Å². The van der Waals surface area contributed by atoms with Crippen LogP contribution in [0.15, 0.2) is 4.99 Å². The highest BCUT2D eigenvalue weighted by molar-refractivity contribution is 5.80. The van der Waals surface area contributed by atoms with Gasteiger partial charge in [-0.05, 0) is 25.7 Å². The maximum Gasteiger partial charge on any atom is 0.401 e. The molecule has 22 heavy (non-hydrogen) atoms. The molecule has 0 saturated carbocycles. The zero-order chi connectivity index (χ0) is 15.7. The number of likely N-dealkylation sites (tertiary alicyclic amines) is 1. The molecule has 0 spiro atoms. The zero-order valence-corrected chi connectivity index (χ0v) is 12.7. The highest BCUT2D eigenvalue weighted by atomic mass is 19.4. The SMILES string of the molecule is CN=C(NC1CCN(CC(F)(F)F)C1)NC1CC2CCC1O2. The van der Waals surface area contributed by atoms with Crippen LogP contribution in [0.5, 0.6) is 0 Å². The van der Waals surface area contributed by atoms with Crippen molar-refractivity contribution in [3.8, 4) is 0 Å². The molecule has 5 nitrogen and oxygen atoms in total. The van der Waals surface area contributed by atoms with Crippen molar-refractivity contribution in [2.45, 2.75) is 56.2 Å². The standard InChI is InChI=1S/C14H23F3N4O/c1-18-13(20-11-6-10-2-3-12(11)22-10)19-9-4-5-21(7-9)8-14(15,16)17/h9-12H,2-8H2,1H3,(H2,18,19,20). The van der Waals surface area contributed by atoms with Crippen molar-refractivity contribution in [3.05, 3.63) is 0 Å². The lowest BCUT2D eigenvalue weighted by Crippen LogP contribution is -2.51. The lowest BCUT2D eigenvalue weighted by molar-refractivity contribution is -0.143. The van der Waals surface area contributed by atoms with Crippen LogP contribution in [-0.2, 0) is 4.74 Å². The molecule has 3 heterocycles. The number of aliphatic imine (C=N–C) groups is 1. The first-order valence-electron chi connectivity index (χ1n) is 7.87. The van der Waals surface area contributed by atoms with Gasteiger partial charge in [0.15, 0.2) is 5.96 Å². The van der Waals surface area contributed by atoms with E-state index in [-0.39, 0.29) is 18.2 Å². The minimum absolute atomic E-state index is 0.00746. The quantitative estimate of drug-likeness (QED) is 0.604. The van der Waals surface area contributed by atoms with E-state index < -0.39 is 12.7 Å². The number of halogens is 3. The van der Waals surface area contributed by atoms with E-state index in [1.54, 1.807) is 7.05 Å². The summed E-state index contributed by atoms with van der Waals surface area (Å²) >= 11 is 0.